The van der Waals surface area contributed by atoms with E-state index in [2.05, 4.69) is 19.2 Å². The van der Waals surface area contributed by atoms with E-state index in [1.807, 2.05) is 11.8 Å². The Hall–Kier alpha value is -0.220. The first-order valence-electron chi connectivity index (χ1n) is 5.57. The summed E-state index contributed by atoms with van der Waals surface area (Å²) in [4.78, 5) is 11.0. The van der Waals surface area contributed by atoms with Gasteiger partial charge in [-0.15, -0.1) is 11.8 Å². The van der Waals surface area contributed by atoms with Gasteiger partial charge in [0.2, 0.25) is 0 Å². The summed E-state index contributed by atoms with van der Waals surface area (Å²) in [6, 6.07) is -0.344. The predicted octanol–water partition coefficient (Wildman–Crippen LogP) is 2.07. The van der Waals surface area contributed by atoms with Crippen LogP contribution in [0.5, 0.6) is 0 Å². The Morgan fingerprint density at radius 1 is 1.47 bits per heavy atom. The number of aliphatic carboxylic acids is 1. The largest absolute Gasteiger partial charge is 0.480 e. The van der Waals surface area contributed by atoms with Crippen molar-refractivity contribution in [3.05, 3.63) is 0 Å². The number of rotatable bonds is 1. The molecule has 2 rings (SSSR count). The van der Waals surface area contributed by atoms with Crippen molar-refractivity contribution in [3.8, 4) is 0 Å². The molecule has 1 saturated heterocycles. The normalized spacial score (nSPS) is 39.5. The average molecular weight is 229 g/mol. The molecule has 15 heavy (non-hydrogen) atoms. The van der Waals surface area contributed by atoms with Crippen LogP contribution >= 0.6 is 11.8 Å². The maximum Gasteiger partial charge on any atom is 0.321 e. The lowest BCUT2D eigenvalue weighted by molar-refractivity contribution is -0.139. The maximum atomic E-state index is 10.9. The van der Waals surface area contributed by atoms with Crippen molar-refractivity contribution >= 4 is 17.7 Å². The Morgan fingerprint density at radius 3 is 2.73 bits per heavy atom. The number of hydrogen-bond donors (Lipinski definition) is 2. The highest BCUT2D eigenvalue weighted by Crippen LogP contribution is 2.49. The van der Waals surface area contributed by atoms with Gasteiger partial charge in [-0.25, -0.2) is 0 Å². The van der Waals surface area contributed by atoms with E-state index in [1.54, 1.807) is 0 Å². The lowest BCUT2D eigenvalue weighted by Crippen LogP contribution is -2.49. The van der Waals surface area contributed by atoms with Gasteiger partial charge in [0.05, 0.1) is 4.87 Å². The molecule has 1 heterocycles. The highest BCUT2D eigenvalue weighted by Gasteiger charge is 2.46. The fourth-order valence-corrected chi connectivity index (χ4v) is 4.54. The van der Waals surface area contributed by atoms with E-state index in [9.17, 15) is 4.79 Å². The number of carboxylic acids is 1. The van der Waals surface area contributed by atoms with Crippen molar-refractivity contribution in [2.24, 2.45) is 5.41 Å². The van der Waals surface area contributed by atoms with Gasteiger partial charge in [0, 0.05) is 5.75 Å². The molecule has 0 amide bonds. The zero-order valence-electron chi connectivity index (χ0n) is 9.38. The van der Waals surface area contributed by atoms with Crippen molar-refractivity contribution in [3.63, 3.8) is 0 Å². The first kappa shape index (κ1) is 11.3. The minimum Gasteiger partial charge on any atom is -0.480 e. The van der Waals surface area contributed by atoms with Crippen LogP contribution in [0.25, 0.3) is 0 Å². The standard InChI is InChI=1S/C11H19NO2S/c1-10(2)4-3-5-11(7-10)12-8(6-15-11)9(13)14/h8,12H,3-7H2,1-2H3,(H,13,14). The molecule has 1 spiro atoms. The summed E-state index contributed by atoms with van der Waals surface area (Å²) >= 11 is 1.81. The Morgan fingerprint density at radius 2 is 2.20 bits per heavy atom. The lowest BCUT2D eigenvalue weighted by atomic mass is 9.74. The lowest BCUT2D eigenvalue weighted by Gasteiger charge is -2.42. The Bertz CT molecular complexity index is 280. The van der Waals surface area contributed by atoms with Gasteiger partial charge >= 0.3 is 5.97 Å². The van der Waals surface area contributed by atoms with Crippen molar-refractivity contribution in [1.82, 2.24) is 5.32 Å². The highest BCUT2D eigenvalue weighted by atomic mass is 32.2. The number of carboxylic acid groups (broad SMARTS) is 1. The van der Waals surface area contributed by atoms with E-state index in [1.165, 1.54) is 12.8 Å². The summed E-state index contributed by atoms with van der Waals surface area (Å²) in [6.45, 7) is 4.56. The van der Waals surface area contributed by atoms with Crippen LogP contribution in [0.3, 0.4) is 0 Å². The Balaban J connectivity index is 2.06. The molecule has 2 N–H and O–H groups in total. The molecule has 0 aromatic carbocycles. The fraction of sp³-hybridized carbons (Fsp3) is 0.909. The van der Waals surface area contributed by atoms with Gasteiger partial charge in [-0.1, -0.05) is 20.3 Å². The molecular weight excluding hydrogens is 210 g/mol. The fourth-order valence-electron chi connectivity index (χ4n) is 2.83. The van der Waals surface area contributed by atoms with Crippen LogP contribution in [-0.2, 0) is 4.79 Å². The van der Waals surface area contributed by atoms with Crippen LogP contribution in [-0.4, -0.2) is 27.7 Å². The number of thioether (sulfide) groups is 1. The second-order valence-electron chi connectivity index (χ2n) is 5.53. The molecular formula is C11H19NO2S. The minimum absolute atomic E-state index is 0.0464. The van der Waals surface area contributed by atoms with Gasteiger partial charge in [0.15, 0.2) is 0 Å². The molecule has 2 unspecified atom stereocenters. The molecule has 2 aliphatic rings. The van der Waals surface area contributed by atoms with E-state index in [0.717, 1.165) is 12.8 Å². The zero-order chi connectivity index (χ0) is 11.1. The molecule has 86 valence electrons. The molecule has 4 heteroatoms. The summed E-state index contributed by atoms with van der Waals surface area (Å²) in [5.41, 5.74) is 0.353. The number of hydrogen-bond acceptors (Lipinski definition) is 3. The molecule has 2 fully saturated rings. The summed E-state index contributed by atoms with van der Waals surface area (Å²) in [5, 5.41) is 12.3. The van der Waals surface area contributed by atoms with Crippen LogP contribution in [0, 0.1) is 5.41 Å². The van der Waals surface area contributed by atoms with E-state index >= 15 is 0 Å². The second kappa shape index (κ2) is 3.67. The van der Waals surface area contributed by atoms with Gasteiger partial charge in [0.25, 0.3) is 0 Å². The topological polar surface area (TPSA) is 49.3 Å². The van der Waals surface area contributed by atoms with Gasteiger partial charge in [-0.05, 0) is 24.7 Å². The number of nitrogens with one attached hydrogen (secondary N) is 1. The number of carbonyl (C=O) groups is 1. The molecule has 2 atom stereocenters. The van der Waals surface area contributed by atoms with Gasteiger partial charge in [-0.3, -0.25) is 10.1 Å². The molecule has 0 bridgehead atoms. The molecule has 0 radical (unpaired) electrons. The quantitative estimate of drug-likeness (QED) is 0.722. The summed E-state index contributed by atoms with van der Waals surface area (Å²) < 4.78 is 0. The predicted molar refractivity (Wildman–Crippen MR) is 62.0 cm³/mol. The van der Waals surface area contributed by atoms with Crippen molar-refractivity contribution in [1.29, 1.82) is 0 Å². The smallest absolute Gasteiger partial charge is 0.321 e. The SMILES string of the molecule is CC1(C)CCCC2(C1)NC(C(=O)O)CS2. The first-order valence-corrected chi connectivity index (χ1v) is 6.56. The van der Waals surface area contributed by atoms with Crippen LogP contribution in [0.4, 0.5) is 0 Å². The van der Waals surface area contributed by atoms with E-state index < -0.39 is 5.97 Å². The van der Waals surface area contributed by atoms with Gasteiger partial charge in [-0.2, -0.15) is 0 Å². The average Bonchev–Trinajstić information content (AvgIpc) is 2.46. The Kier molecular flexibility index (Phi) is 2.75. The minimum atomic E-state index is -0.706. The molecule has 0 aromatic heterocycles. The third-order valence-corrected chi connectivity index (χ3v) is 4.98. The third-order valence-electron chi connectivity index (χ3n) is 3.46. The third kappa shape index (κ3) is 2.31. The molecule has 3 nitrogen and oxygen atoms in total. The van der Waals surface area contributed by atoms with Gasteiger partial charge in [0.1, 0.15) is 6.04 Å². The summed E-state index contributed by atoms with van der Waals surface area (Å²) in [7, 11) is 0. The van der Waals surface area contributed by atoms with Crippen LogP contribution in [0.1, 0.15) is 39.5 Å². The second-order valence-corrected chi connectivity index (χ2v) is 6.94. The Labute approximate surface area is 95.0 Å². The van der Waals surface area contributed by atoms with E-state index in [4.69, 9.17) is 5.11 Å². The molecule has 0 aromatic rings. The van der Waals surface area contributed by atoms with Crippen molar-refractivity contribution < 1.29 is 9.90 Å². The zero-order valence-corrected chi connectivity index (χ0v) is 10.2. The first-order chi connectivity index (χ1) is 6.93. The van der Waals surface area contributed by atoms with E-state index in [0.29, 0.717) is 11.2 Å². The van der Waals surface area contributed by atoms with Crippen molar-refractivity contribution in [2.45, 2.75) is 50.4 Å². The van der Waals surface area contributed by atoms with Crippen LogP contribution in [0.2, 0.25) is 0 Å². The monoisotopic (exact) mass is 229 g/mol. The van der Waals surface area contributed by atoms with Gasteiger partial charge < -0.3 is 5.11 Å². The highest BCUT2D eigenvalue weighted by molar-refractivity contribution is 8.01. The van der Waals surface area contributed by atoms with Crippen LogP contribution in [0.15, 0.2) is 0 Å². The maximum absolute atomic E-state index is 10.9. The molecule has 1 aliphatic heterocycles. The van der Waals surface area contributed by atoms with Crippen LogP contribution < -0.4 is 5.32 Å². The molecule has 1 aliphatic carbocycles. The van der Waals surface area contributed by atoms with Crippen molar-refractivity contribution in [2.75, 3.05) is 5.75 Å². The van der Waals surface area contributed by atoms with E-state index in [-0.39, 0.29) is 10.9 Å². The molecule has 1 saturated carbocycles. The summed E-state index contributed by atoms with van der Waals surface area (Å²) in [6.07, 6.45) is 4.67. The summed E-state index contributed by atoms with van der Waals surface area (Å²) in [5.74, 6) is 0.00792.